The van der Waals surface area contributed by atoms with Crippen molar-refractivity contribution >= 4 is 15.5 Å². The summed E-state index contributed by atoms with van der Waals surface area (Å²) in [5.74, 6) is 0. The topological polar surface area (TPSA) is 49.4 Å². The maximum Gasteiger partial charge on any atom is 0.206 e. The summed E-state index contributed by atoms with van der Waals surface area (Å²) in [6.45, 7) is 5.09. The predicted octanol–water partition coefficient (Wildman–Crippen LogP) is 2.94. The molecule has 0 radical (unpaired) electrons. The van der Waals surface area contributed by atoms with Crippen LogP contribution < -0.4 is 10.2 Å². The first kappa shape index (κ1) is 16.6. The van der Waals surface area contributed by atoms with E-state index in [-0.39, 0.29) is 0 Å². The highest BCUT2D eigenvalue weighted by molar-refractivity contribution is 7.91. The standard InChI is InChI=1S/C20H24N2O2S/c1-15-2-4-18(5-3-15)25(23,24)19-6-7-20-16(14-19)10-13-22(20)17-8-11-21-12-9-17/h2-7,14,17,21H,8-13H2,1H3. The summed E-state index contributed by atoms with van der Waals surface area (Å²) in [5.41, 5.74) is 3.44. The molecule has 0 bridgehead atoms. The van der Waals surface area contributed by atoms with Crippen molar-refractivity contribution in [1.82, 2.24) is 5.32 Å². The Morgan fingerprint density at radius 3 is 2.40 bits per heavy atom. The third-order valence-corrected chi connectivity index (χ3v) is 7.14. The second-order valence-electron chi connectivity index (χ2n) is 7.03. The van der Waals surface area contributed by atoms with Gasteiger partial charge in [0.2, 0.25) is 9.84 Å². The summed E-state index contributed by atoms with van der Waals surface area (Å²) in [7, 11) is -3.45. The van der Waals surface area contributed by atoms with Gasteiger partial charge in [-0.1, -0.05) is 17.7 Å². The van der Waals surface area contributed by atoms with Crippen molar-refractivity contribution in [1.29, 1.82) is 0 Å². The Balaban J connectivity index is 1.64. The van der Waals surface area contributed by atoms with Gasteiger partial charge in [-0.05, 0) is 75.2 Å². The van der Waals surface area contributed by atoms with Gasteiger partial charge in [-0.2, -0.15) is 0 Å². The molecule has 0 atom stereocenters. The highest BCUT2D eigenvalue weighted by atomic mass is 32.2. The van der Waals surface area contributed by atoms with Gasteiger partial charge in [0.05, 0.1) is 9.79 Å². The van der Waals surface area contributed by atoms with Crippen LogP contribution >= 0.6 is 0 Å². The second-order valence-corrected chi connectivity index (χ2v) is 8.98. The highest BCUT2D eigenvalue weighted by Crippen LogP contribution is 2.34. The van der Waals surface area contributed by atoms with Crippen LogP contribution in [0, 0.1) is 6.92 Å². The van der Waals surface area contributed by atoms with Gasteiger partial charge in [0.15, 0.2) is 0 Å². The van der Waals surface area contributed by atoms with Crippen LogP contribution in [0.25, 0.3) is 0 Å². The fourth-order valence-electron chi connectivity index (χ4n) is 3.92. The van der Waals surface area contributed by atoms with E-state index < -0.39 is 9.84 Å². The first-order valence-electron chi connectivity index (χ1n) is 8.98. The van der Waals surface area contributed by atoms with Crippen LogP contribution in [0.5, 0.6) is 0 Å². The molecule has 0 saturated carbocycles. The molecule has 5 heteroatoms. The van der Waals surface area contributed by atoms with Crippen LogP contribution in [0.2, 0.25) is 0 Å². The first-order valence-corrected chi connectivity index (χ1v) is 10.5. The van der Waals surface area contributed by atoms with Crippen molar-refractivity contribution < 1.29 is 8.42 Å². The zero-order valence-electron chi connectivity index (χ0n) is 14.5. The van der Waals surface area contributed by atoms with Crippen LogP contribution in [-0.4, -0.2) is 34.1 Å². The molecule has 4 nitrogen and oxygen atoms in total. The summed E-state index contributed by atoms with van der Waals surface area (Å²) in [6.07, 6.45) is 3.24. The Labute approximate surface area is 149 Å². The van der Waals surface area contributed by atoms with Crippen LogP contribution in [0.1, 0.15) is 24.0 Å². The zero-order chi connectivity index (χ0) is 17.4. The van der Waals surface area contributed by atoms with Crippen molar-refractivity contribution in [3.63, 3.8) is 0 Å². The summed E-state index contributed by atoms with van der Waals surface area (Å²) >= 11 is 0. The number of anilines is 1. The SMILES string of the molecule is Cc1ccc(S(=O)(=O)c2ccc3c(c2)CCN3C2CCNCC2)cc1. The van der Waals surface area contributed by atoms with Crippen LogP contribution in [0.15, 0.2) is 52.3 Å². The number of sulfone groups is 1. The van der Waals surface area contributed by atoms with Gasteiger partial charge in [-0.25, -0.2) is 8.42 Å². The number of piperidine rings is 1. The smallest absolute Gasteiger partial charge is 0.206 e. The molecule has 25 heavy (non-hydrogen) atoms. The fraction of sp³-hybridized carbons (Fsp3) is 0.400. The molecule has 1 fully saturated rings. The van der Waals surface area contributed by atoms with E-state index >= 15 is 0 Å². The lowest BCUT2D eigenvalue weighted by molar-refractivity contribution is 0.435. The van der Waals surface area contributed by atoms with Crippen LogP contribution in [0.4, 0.5) is 5.69 Å². The average molecular weight is 356 g/mol. The lowest BCUT2D eigenvalue weighted by Crippen LogP contribution is -2.42. The maximum atomic E-state index is 12.9. The van der Waals surface area contributed by atoms with Gasteiger partial charge >= 0.3 is 0 Å². The van der Waals surface area contributed by atoms with Gasteiger partial charge < -0.3 is 10.2 Å². The largest absolute Gasteiger partial charge is 0.368 e. The van der Waals surface area contributed by atoms with Crippen molar-refractivity contribution in [3.05, 3.63) is 53.6 Å². The predicted molar refractivity (Wildman–Crippen MR) is 100 cm³/mol. The summed E-state index contributed by atoms with van der Waals surface area (Å²) < 4.78 is 25.8. The lowest BCUT2D eigenvalue weighted by Gasteiger charge is -2.33. The molecular weight excluding hydrogens is 332 g/mol. The number of hydrogen-bond donors (Lipinski definition) is 1. The molecule has 0 aliphatic carbocycles. The monoisotopic (exact) mass is 356 g/mol. The molecule has 2 aromatic carbocycles. The quantitative estimate of drug-likeness (QED) is 0.919. The van der Waals surface area contributed by atoms with Gasteiger partial charge in [0.1, 0.15) is 0 Å². The Morgan fingerprint density at radius 1 is 1.00 bits per heavy atom. The number of rotatable bonds is 3. The van der Waals surface area contributed by atoms with E-state index in [1.165, 1.54) is 5.69 Å². The lowest BCUT2D eigenvalue weighted by atomic mass is 10.0. The van der Waals surface area contributed by atoms with Crippen LogP contribution in [-0.2, 0) is 16.3 Å². The summed E-state index contributed by atoms with van der Waals surface area (Å²) in [6, 6.07) is 13.3. The van der Waals surface area contributed by atoms with E-state index in [1.54, 1.807) is 18.2 Å². The zero-order valence-corrected chi connectivity index (χ0v) is 15.3. The van der Waals surface area contributed by atoms with Gasteiger partial charge in [-0.15, -0.1) is 0 Å². The molecule has 2 aromatic rings. The van der Waals surface area contributed by atoms with E-state index in [2.05, 4.69) is 10.2 Å². The number of aryl methyl sites for hydroxylation is 1. The molecule has 132 valence electrons. The molecule has 2 aliphatic rings. The molecule has 0 aromatic heterocycles. The third kappa shape index (κ3) is 3.07. The van der Waals surface area contributed by atoms with Crippen molar-refractivity contribution in [3.8, 4) is 0 Å². The highest BCUT2D eigenvalue weighted by Gasteiger charge is 2.28. The molecule has 4 rings (SSSR count). The molecule has 0 unspecified atom stereocenters. The molecule has 2 heterocycles. The minimum Gasteiger partial charge on any atom is -0.368 e. The minimum atomic E-state index is -3.45. The van der Waals surface area contributed by atoms with Crippen molar-refractivity contribution in [2.45, 2.75) is 42.0 Å². The Hall–Kier alpha value is -1.85. The molecule has 2 aliphatic heterocycles. The third-order valence-electron chi connectivity index (χ3n) is 5.37. The number of nitrogens with one attached hydrogen (secondary N) is 1. The van der Waals surface area contributed by atoms with Gasteiger partial charge in [-0.3, -0.25) is 0 Å². The van der Waals surface area contributed by atoms with E-state index in [1.807, 2.05) is 31.2 Å². The molecule has 0 spiro atoms. The number of nitrogens with zero attached hydrogens (tertiary/aromatic N) is 1. The first-order chi connectivity index (χ1) is 12.1. The van der Waals surface area contributed by atoms with E-state index in [0.29, 0.717) is 15.8 Å². The molecule has 0 amide bonds. The van der Waals surface area contributed by atoms with Crippen molar-refractivity contribution in [2.24, 2.45) is 0 Å². The normalized spacial score (nSPS) is 18.4. The Morgan fingerprint density at radius 2 is 1.68 bits per heavy atom. The Kier molecular flexibility index (Phi) is 4.29. The molecular formula is C20H24N2O2S. The fourth-order valence-corrected chi connectivity index (χ4v) is 5.23. The van der Waals surface area contributed by atoms with Crippen molar-refractivity contribution in [2.75, 3.05) is 24.5 Å². The summed E-state index contributed by atoms with van der Waals surface area (Å²) in [5, 5.41) is 3.41. The molecule has 1 saturated heterocycles. The summed E-state index contributed by atoms with van der Waals surface area (Å²) in [4.78, 5) is 3.24. The number of hydrogen-bond acceptors (Lipinski definition) is 4. The van der Waals surface area contributed by atoms with E-state index in [4.69, 9.17) is 0 Å². The van der Waals surface area contributed by atoms with Gasteiger partial charge in [0.25, 0.3) is 0 Å². The maximum absolute atomic E-state index is 12.9. The number of benzene rings is 2. The van der Waals surface area contributed by atoms with E-state index in [9.17, 15) is 8.42 Å². The minimum absolute atomic E-state index is 0.367. The molecule has 1 N–H and O–H groups in total. The van der Waals surface area contributed by atoms with Gasteiger partial charge in [0, 0.05) is 18.3 Å². The van der Waals surface area contributed by atoms with Crippen LogP contribution in [0.3, 0.4) is 0 Å². The number of fused-ring (bicyclic) bond motifs is 1. The van der Waals surface area contributed by atoms with E-state index in [0.717, 1.165) is 50.0 Å². The second kappa shape index (κ2) is 6.46. The average Bonchev–Trinajstić information content (AvgIpc) is 3.06. The Bertz CT molecular complexity index is 869.